The number of piperazine rings is 1. The molecular formula is C15H18Br2N2O2. The van der Waals surface area contributed by atoms with Gasteiger partial charge in [-0.1, -0.05) is 36.7 Å². The van der Waals surface area contributed by atoms with E-state index < -0.39 is 12.1 Å². The van der Waals surface area contributed by atoms with Crippen LogP contribution in [0.4, 0.5) is 5.69 Å². The molecule has 114 valence electrons. The number of anilines is 1. The maximum absolute atomic E-state index is 12.8. The van der Waals surface area contributed by atoms with Gasteiger partial charge in [-0.25, -0.2) is 0 Å². The standard InChI is InChI=1S/C15H18Br2N2O2/c1-8-13(20)18-12(15(2,3)4)14(21)19(8)11-6-5-9(16)7-10(11)17/h5-8,12H,1-4H3,(H,18,20). The van der Waals surface area contributed by atoms with Gasteiger partial charge >= 0.3 is 0 Å². The minimum absolute atomic E-state index is 0.0855. The Morgan fingerprint density at radius 1 is 1.19 bits per heavy atom. The summed E-state index contributed by atoms with van der Waals surface area (Å²) >= 11 is 6.87. The number of nitrogens with zero attached hydrogens (tertiary/aromatic N) is 1. The molecule has 1 saturated heterocycles. The molecule has 1 aromatic rings. The fraction of sp³-hybridized carbons (Fsp3) is 0.467. The van der Waals surface area contributed by atoms with E-state index in [1.807, 2.05) is 39.0 Å². The third kappa shape index (κ3) is 3.16. The molecule has 2 atom stereocenters. The molecule has 1 heterocycles. The molecule has 0 aliphatic carbocycles. The van der Waals surface area contributed by atoms with Crippen molar-refractivity contribution < 1.29 is 9.59 Å². The first kappa shape index (κ1) is 16.5. The van der Waals surface area contributed by atoms with Gasteiger partial charge in [0, 0.05) is 8.95 Å². The van der Waals surface area contributed by atoms with Crippen molar-refractivity contribution in [3.63, 3.8) is 0 Å². The van der Waals surface area contributed by atoms with E-state index in [0.29, 0.717) is 5.69 Å². The van der Waals surface area contributed by atoms with Crippen molar-refractivity contribution in [3.05, 3.63) is 27.1 Å². The van der Waals surface area contributed by atoms with E-state index in [9.17, 15) is 9.59 Å². The van der Waals surface area contributed by atoms with Crippen LogP contribution in [0, 0.1) is 5.41 Å². The van der Waals surface area contributed by atoms with Crippen molar-refractivity contribution in [2.75, 3.05) is 4.90 Å². The number of halogens is 2. The number of hydrogen-bond donors (Lipinski definition) is 1. The predicted molar refractivity (Wildman–Crippen MR) is 90.2 cm³/mol. The number of carbonyl (C=O) groups excluding carboxylic acids is 2. The maximum atomic E-state index is 12.8. The minimum Gasteiger partial charge on any atom is -0.342 e. The zero-order chi connectivity index (χ0) is 15.9. The Morgan fingerprint density at radius 2 is 1.81 bits per heavy atom. The summed E-state index contributed by atoms with van der Waals surface area (Å²) in [7, 11) is 0. The van der Waals surface area contributed by atoms with Gasteiger partial charge in [0.2, 0.25) is 5.91 Å². The second-order valence-corrected chi connectivity index (χ2v) is 8.06. The Kier molecular flexibility index (Phi) is 4.49. The SMILES string of the molecule is CC1C(=O)NC(C(C)(C)C)C(=O)N1c1ccc(Br)cc1Br. The van der Waals surface area contributed by atoms with E-state index >= 15 is 0 Å². The number of carbonyl (C=O) groups is 2. The summed E-state index contributed by atoms with van der Waals surface area (Å²) in [5.74, 6) is -0.220. The van der Waals surface area contributed by atoms with Crippen molar-refractivity contribution in [2.24, 2.45) is 5.41 Å². The van der Waals surface area contributed by atoms with Crippen LogP contribution in [0.1, 0.15) is 27.7 Å². The molecule has 2 rings (SSSR count). The molecule has 6 heteroatoms. The Labute approximate surface area is 141 Å². The number of nitrogens with one attached hydrogen (secondary N) is 1. The van der Waals surface area contributed by atoms with Crippen LogP contribution in [0.2, 0.25) is 0 Å². The Hall–Kier alpha value is -0.880. The lowest BCUT2D eigenvalue weighted by Gasteiger charge is -2.42. The monoisotopic (exact) mass is 416 g/mol. The van der Waals surface area contributed by atoms with Gasteiger partial charge < -0.3 is 5.32 Å². The molecule has 1 aromatic carbocycles. The van der Waals surface area contributed by atoms with E-state index in [2.05, 4.69) is 37.2 Å². The third-order valence-corrected chi connectivity index (χ3v) is 4.70. The van der Waals surface area contributed by atoms with Crippen LogP contribution in [0.3, 0.4) is 0 Å². The summed E-state index contributed by atoms with van der Waals surface area (Å²) < 4.78 is 1.69. The van der Waals surface area contributed by atoms with Gasteiger partial charge in [-0.2, -0.15) is 0 Å². The Balaban J connectivity index is 2.48. The highest BCUT2D eigenvalue weighted by Gasteiger charge is 2.44. The molecule has 0 saturated carbocycles. The third-order valence-electron chi connectivity index (χ3n) is 3.57. The van der Waals surface area contributed by atoms with Crippen LogP contribution < -0.4 is 10.2 Å². The quantitative estimate of drug-likeness (QED) is 0.760. The van der Waals surface area contributed by atoms with E-state index in [0.717, 1.165) is 8.95 Å². The number of hydrogen-bond acceptors (Lipinski definition) is 2. The second-order valence-electron chi connectivity index (χ2n) is 6.29. The number of benzene rings is 1. The highest BCUT2D eigenvalue weighted by molar-refractivity contribution is 9.11. The average Bonchev–Trinajstić information content (AvgIpc) is 2.35. The number of amides is 2. The molecule has 0 aromatic heterocycles. The van der Waals surface area contributed by atoms with Gasteiger partial charge in [0.05, 0.1) is 5.69 Å². The van der Waals surface area contributed by atoms with Crippen LogP contribution in [-0.4, -0.2) is 23.9 Å². The zero-order valence-corrected chi connectivity index (χ0v) is 15.6. The first-order valence-corrected chi connectivity index (χ1v) is 8.30. The number of rotatable bonds is 1. The van der Waals surface area contributed by atoms with Crippen molar-refractivity contribution in [2.45, 2.75) is 39.8 Å². The molecule has 1 N–H and O–H groups in total. The van der Waals surface area contributed by atoms with Gasteiger partial charge in [0.25, 0.3) is 5.91 Å². The molecule has 4 nitrogen and oxygen atoms in total. The highest BCUT2D eigenvalue weighted by atomic mass is 79.9. The lowest BCUT2D eigenvalue weighted by atomic mass is 9.84. The van der Waals surface area contributed by atoms with Gasteiger partial charge in [-0.3, -0.25) is 14.5 Å². The summed E-state index contributed by atoms with van der Waals surface area (Å²) in [6.45, 7) is 7.57. The van der Waals surface area contributed by atoms with Crippen molar-refractivity contribution in [3.8, 4) is 0 Å². The topological polar surface area (TPSA) is 49.4 Å². The predicted octanol–water partition coefficient (Wildman–Crippen LogP) is 3.48. The van der Waals surface area contributed by atoms with E-state index in [4.69, 9.17) is 0 Å². The molecule has 21 heavy (non-hydrogen) atoms. The maximum Gasteiger partial charge on any atom is 0.250 e. The van der Waals surface area contributed by atoms with Crippen LogP contribution in [0.25, 0.3) is 0 Å². The van der Waals surface area contributed by atoms with Crippen LogP contribution in [0.15, 0.2) is 27.1 Å². The Morgan fingerprint density at radius 3 is 2.33 bits per heavy atom. The first-order chi connectivity index (χ1) is 9.62. The summed E-state index contributed by atoms with van der Waals surface area (Å²) in [5, 5.41) is 2.83. The van der Waals surface area contributed by atoms with E-state index in [1.54, 1.807) is 11.8 Å². The fourth-order valence-corrected chi connectivity index (χ4v) is 3.60. The van der Waals surface area contributed by atoms with E-state index in [1.165, 1.54) is 0 Å². The summed E-state index contributed by atoms with van der Waals surface area (Å²) in [4.78, 5) is 26.6. The molecule has 0 radical (unpaired) electrons. The van der Waals surface area contributed by atoms with Crippen molar-refractivity contribution in [1.29, 1.82) is 0 Å². The molecule has 1 fully saturated rings. The smallest absolute Gasteiger partial charge is 0.250 e. The molecule has 0 spiro atoms. The average molecular weight is 418 g/mol. The molecule has 2 unspecified atom stereocenters. The fourth-order valence-electron chi connectivity index (χ4n) is 2.36. The molecule has 2 amide bonds. The van der Waals surface area contributed by atoms with Crippen LogP contribution in [0.5, 0.6) is 0 Å². The van der Waals surface area contributed by atoms with E-state index in [-0.39, 0.29) is 17.2 Å². The molecular weight excluding hydrogens is 400 g/mol. The molecule has 1 aliphatic heterocycles. The first-order valence-electron chi connectivity index (χ1n) is 6.71. The lowest BCUT2D eigenvalue weighted by Crippen LogP contribution is -2.66. The summed E-state index contributed by atoms with van der Waals surface area (Å²) in [6.07, 6.45) is 0. The second kappa shape index (κ2) is 5.72. The zero-order valence-electron chi connectivity index (χ0n) is 12.4. The van der Waals surface area contributed by atoms with Crippen LogP contribution >= 0.6 is 31.9 Å². The normalized spacial score (nSPS) is 23.2. The summed E-state index contributed by atoms with van der Waals surface area (Å²) in [5.41, 5.74) is 0.368. The van der Waals surface area contributed by atoms with Gasteiger partial charge in [0.15, 0.2) is 0 Å². The Bertz CT molecular complexity index is 596. The van der Waals surface area contributed by atoms with Crippen molar-refractivity contribution >= 4 is 49.4 Å². The highest BCUT2D eigenvalue weighted by Crippen LogP contribution is 2.34. The molecule has 0 bridgehead atoms. The van der Waals surface area contributed by atoms with Gasteiger partial charge in [-0.15, -0.1) is 0 Å². The van der Waals surface area contributed by atoms with Gasteiger partial charge in [0.1, 0.15) is 12.1 Å². The summed E-state index contributed by atoms with van der Waals surface area (Å²) in [6, 6.07) is 4.50. The van der Waals surface area contributed by atoms with Gasteiger partial charge in [-0.05, 0) is 46.5 Å². The lowest BCUT2D eigenvalue weighted by molar-refractivity contribution is -0.136. The minimum atomic E-state index is -0.534. The van der Waals surface area contributed by atoms with Crippen LogP contribution in [-0.2, 0) is 9.59 Å². The molecule has 1 aliphatic rings. The largest absolute Gasteiger partial charge is 0.342 e. The van der Waals surface area contributed by atoms with Crippen molar-refractivity contribution in [1.82, 2.24) is 5.32 Å².